The molecule has 0 aliphatic heterocycles. The van der Waals surface area contributed by atoms with E-state index in [0.29, 0.717) is 11.4 Å². The Kier molecular flexibility index (Phi) is 3.73. The molecule has 0 aromatic heterocycles. The zero-order valence-electron chi connectivity index (χ0n) is 10.2. The van der Waals surface area contributed by atoms with Gasteiger partial charge in [0.15, 0.2) is 0 Å². The van der Waals surface area contributed by atoms with Crippen LogP contribution in [0.1, 0.15) is 10.4 Å². The zero-order valence-corrected chi connectivity index (χ0v) is 11.0. The van der Waals surface area contributed by atoms with Gasteiger partial charge in [-0.2, -0.15) is 8.42 Å². The van der Waals surface area contributed by atoms with Gasteiger partial charge in [-0.3, -0.25) is 9.35 Å². The van der Waals surface area contributed by atoms with Gasteiger partial charge in [-0.1, -0.05) is 6.07 Å². The van der Waals surface area contributed by atoms with Crippen molar-refractivity contribution < 1.29 is 17.8 Å². The average molecular weight is 291 g/mol. The summed E-state index contributed by atoms with van der Waals surface area (Å²) in [6.07, 6.45) is 0. The maximum atomic E-state index is 11.9. The van der Waals surface area contributed by atoms with E-state index >= 15 is 0 Å². The Bertz CT molecular complexity index is 739. The van der Waals surface area contributed by atoms with Crippen molar-refractivity contribution in [2.24, 2.45) is 0 Å². The number of anilines is 1. The molecule has 0 spiro atoms. The van der Waals surface area contributed by atoms with E-state index in [1.165, 1.54) is 30.3 Å². The normalized spacial score (nSPS) is 11.1. The molecule has 2 rings (SSSR count). The first-order chi connectivity index (χ1) is 9.36. The van der Waals surface area contributed by atoms with Gasteiger partial charge < -0.3 is 11.1 Å². The van der Waals surface area contributed by atoms with E-state index in [0.717, 1.165) is 6.07 Å². The van der Waals surface area contributed by atoms with Crippen LogP contribution >= 0.6 is 0 Å². The molecule has 103 valence electrons. The molecule has 6 nitrogen and oxygen atoms in total. The maximum absolute atomic E-state index is 11.9. The second-order valence-electron chi connectivity index (χ2n) is 4.03. The smallest absolute Gasteiger partial charge is 0.294 e. The highest BCUT2D eigenvalue weighted by Gasteiger charge is 2.13. The molecular formula is C13H11N2O4S. The summed E-state index contributed by atoms with van der Waals surface area (Å²) >= 11 is 0. The summed E-state index contributed by atoms with van der Waals surface area (Å²) in [4.78, 5) is 11.6. The van der Waals surface area contributed by atoms with Crippen LogP contribution in [-0.2, 0) is 10.1 Å². The molecular weight excluding hydrogens is 280 g/mol. The Labute approximate surface area is 116 Å². The van der Waals surface area contributed by atoms with Crippen LogP contribution in [0.25, 0.3) is 0 Å². The fraction of sp³-hybridized carbons (Fsp3) is 0. The monoisotopic (exact) mass is 291 g/mol. The average Bonchev–Trinajstić information content (AvgIpc) is 2.40. The van der Waals surface area contributed by atoms with Gasteiger partial charge in [0.25, 0.3) is 16.0 Å². The summed E-state index contributed by atoms with van der Waals surface area (Å²) in [6, 6.07) is 11.2. The van der Waals surface area contributed by atoms with E-state index in [9.17, 15) is 13.2 Å². The zero-order chi connectivity index (χ0) is 14.8. The van der Waals surface area contributed by atoms with Crippen LogP contribution in [0.4, 0.5) is 11.4 Å². The molecule has 20 heavy (non-hydrogen) atoms. The molecule has 7 heteroatoms. The lowest BCUT2D eigenvalue weighted by molar-refractivity contribution is 0.102. The highest BCUT2D eigenvalue weighted by molar-refractivity contribution is 7.85. The quantitative estimate of drug-likeness (QED) is 0.844. The number of carbonyl (C=O) groups excluding carboxylic acids is 1. The highest BCUT2D eigenvalue weighted by atomic mass is 32.2. The van der Waals surface area contributed by atoms with Crippen molar-refractivity contribution in [3.63, 3.8) is 0 Å². The first-order valence-corrected chi connectivity index (χ1v) is 7.01. The minimum Gasteiger partial charge on any atom is -0.322 e. The lowest BCUT2D eigenvalue weighted by Crippen LogP contribution is -2.12. The first kappa shape index (κ1) is 14.0. The Hall–Kier alpha value is -2.38. The van der Waals surface area contributed by atoms with Crippen molar-refractivity contribution >= 4 is 27.4 Å². The molecule has 0 bridgehead atoms. The third kappa shape index (κ3) is 3.34. The van der Waals surface area contributed by atoms with Gasteiger partial charge in [0.2, 0.25) is 0 Å². The highest BCUT2D eigenvalue weighted by Crippen LogP contribution is 2.15. The van der Waals surface area contributed by atoms with Crippen molar-refractivity contribution in [3.8, 4) is 0 Å². The first-order valence-electron chi connectivity index (χ1n) is 5.57. The number of hydrogen-bond donors (Lipinski definition) is 2. The van der Waals surface area contributed by atoms with Gasteiger partial charge in [-0.15, -0.1) is 0 Å². The summed E-state index contributed by atoms with van der Waals surface area (Å²) in [7, 11) is -4.34. The Morgan fingerprint density at radius 2 is 1.75 bits per heavy atom. The second kappa shape index (κ2) is 5.32. The van der Waals surface area contributed by atoms with Crippen LogP contribution in [0.2, 0.25) is 0 Å². The van der Waals surface area contributed by atoms with Crippen LogP contribution in [0, 0.1) is 0 Å². The van der Waals surface area contributed by atoms with Gasteiger partial charge in [0.1, 0.15) is 0 Å². The Morgan fingerprint density at radius 1 is 1.10 bits per heavy atom. The Morgan fingerprint density at radius 3 is 2.35 bits per heavy atom. The summed E-state index contributed by atoms with van der Waals surface area (Å²) in [5, 5.41) is 2.57. The van der Waals surface area contributed by atoms with Gasteiger partial charge in [0.05, 0.1) is 10.6 Å². The van der Waals surface area contributed by atoms with Gasteiger partial charge >= 0.3 is 0 Å². The van der Waals surface area contributed by atoms with Crippen LogP contribution in [0.3, 0.4) is 0 Å². The van der Waals surface area contributed by atoms with Gasteiger partial charge in [0, 0.05) is 11.3 Å². The SMILES string of the molecule is [NH]c1ccc(NC(=O)c2cccc(S(=O)(=O)O)c2)cc1. The topological polar surface area (TPSA) is 107 Å². The van der Waals surface area contributed by atoms with Crippen molar-refractivity contribution in [1.29, 1.82) is 0 Å². The number of nitrogens with one attached hydrogen (secondary N) is 2. The van der Waals surface area contributed by atoms with Crippen LogP contribution in [-0.4, -0.2) is 18.9 Å². The minimum atomic E-state index is -4.34. The van der Waals surface area contributed by atoms with Crippen molar-refractivity contribution in [1.82, 2.24) is 5.73 Å². The number of benzene rings is 2. The molecule has 0 aliphatic rings. The molecule has 0 atom stereocenters. The van der Waals surface area contributed by atoms with E-state index in [-0.39, 0.29) is 10.5 Å². The predicted molar refractivity (Wildman–Crippen MR) is 73.4 cm³/mol. The van der Waals surface area contributed by atoms with E-state index in [4.69, 9.17) is 10.3 Å². The van der Waals surface area contributed by atoms with Crippen molar-refractivity contribution in [3.05, 3.63) is 54.1 Å². The van der Waals surface area contributed by atoms with E-state index in [1.807, 2.05) is 0 Å². The molecule has 0 fully saturated rings. The van der Waals surface area contributed by atoms with Gasteiger partial charge in [-0.05, 0) is 42.5 Å². The predicted octanol–water partition coefficient (Wildman–Crippen LogP) is 2.10. The van der Waals surface area contributed by atoms with Crippen LogP contribution in [0.5, 0.6) is 0 Å². The molecule has 1 radical (unpaired) electrons. The van der Waals surface area contributed by atoms with E-state index in [1.54, 1.807) is 12.1 Å². The Balaban J connectivity index is 2.23. The number of amides is 1. The van der Waals surface area contributed by atoms with Crippen molar-refractivity contribution in [2.75, 3.05) is 5.32 Å². The molecule has 2 aromatic carbocycles. The number of carbonyl (C=O) groups is 1. The fourth-order valence-electron chi connectivity index (χ4n) is 1.55. The second-order valence-corrected chi connectivity index (χ2v) is 5.46. The van der Waals surface area contributed by atoms with Crippen LogP contribution in [0.15, 0.2) is 53.4 Å². The number of rotatable bonds is 3. The molecule has 0 saturated heterocycles. The molecule has 2 aromatic rings. The molecule has 1 amide bonds. The van der Waals surface area contributed by atoms with Crippen molar-refractivity contribution in [2.45, 2.75) is 4.90 Å². The molecule has 0 heterocycles. The third-order valence-electron chi connectivity index (χ3n) is 2.54. The third-order valence-corrected chi connectivity index (χ3v) is 3.39. The van der Waals surface area contributed by atoms with Gasteiger partial charge in [-0.25, -0.2) is 0 Å². The maximum Gasteiger partial charge on any atom is 0.294 e. The molecule has 0 unspecified atom stereocenters. The standard InChI is InChI=1S/C13H11N2O4S/c14-10-4-6-11(7-5-10)15-13(16)9-2-1-3-12(8-9)20(17,18)19/h1-8,14H,(H,15,16)(H,17,18,19). The summed E-state index contributed by atoms with van der Waals surface area (Å²) in [5.74, 6) is -0.506. The lowest BCUT2D eigenvalue weighted by Gasteiger charge is -2.06. The minimum absolute atomic E-state index is 0.107. The van der Waals surface area contributed by atoms with E-state index in [2.05, 4.69) is 5.32 Å². The summed E-state index contributed by atoms with van der Waals surface area (Å²) in [6.45, 7) is 0. The molecule has 3 N–H and O–H groups in total. The summed E-state index contributed by atoms with van der Waals surface area (Å²) in [5.41, 5.74) is 8.24. The lowest BCUT2D eigenvalue weighted by atomic mass is 10.2. The fourth-order valence-corrected chi connectivity index (χ4v) is 2.08. The van der Waals surface area contributed by atoms with Crippen LogP contribution < -0.4 is 11.1 Å². The summed E-state index contributed by atoms with van der Waals surface area (Å²) < 4.78 is 30.9. The number of hydrogen-bond acceptors (Lipinski definition) is 3. The largest absolute Gasteiger partial charge is 0.322 e. The molecule has 0 saturated carbocycles. The van der Waals surface area contributed by atoms with E-state index < -0.39 is 16.0 Å². The molecule has 0 aliphatic carbocycles.